The zero-order valence-corrected chi connectivity index (χ0v) is 18.2. The molecule has 3 aromatic carbocycles. The number of nitrogens with one attached hydrogen (secondary N) is 1. The molecule has 2 atom stereocenters. The molecule has 3 aromatic rings. The lowest BCUT2D eigenvalue weighted by molar-refractivity contribution is 0.0133. The van der Waals surface area contributed by atoms with E-state index in [4.69, 9.17) is 9.84 Å². The summed E-state index contributed by atoms with van der Waals surface area (Å²) < 4.78 is 33.1. The van der Waals surface area contributed by atoms with E-state index >= 15 is 0 Å². The van der Waals surface area contributed by atoms with Gasteiger partial charge in [-0.15, -0.1) is 0 Å². The van der Waals surface area contributed by atoms with E-state index in [1.165, 1.54) is 0 Å². The van der Waals surface area contributed by atoms with Crippen molar-refractivity contribution in [3.63, 3.8) is 0 Å². The largest absolute Gasteiger partial charge is 0.449 e. The van der Waals surface area contributed by atoms with Gasteiger partial charge >= 0.3 is 6.09 Å². The summed E-state index contributed by atoms with van der Waals surface area (Å²) in [5, 5.41) is 31.9. The molecule has 8 heteroatoms. The molecule has 34 heavy (non-hydrogen) atoms. The van der Waals surface area contributed by atoms with E-state index in [0.29, 0.717) is 0 Å². The van der Waals surface area contributed by atoms with Crippen LogP contribution in [0.2, 0.25) is 0 Å². The molecule has 0 saturated heterocycles. The van der Waals surface area contributed by atoms with Gasteiger partial charge in [0.1, 0.15) is 24.3 Å². The molecule has 1 amide bonds. The molecule has 178 valence electrons. The summed E-state index contributed by atoms with van der Waals surface area (Å²) in [6, 6.07) is 17.6. The van der Waals surface area contributed by atoms with Crippen LogP contribution in [0, 0.1) is 11.6 Å². The molecule has 0 spiro atoms. The summed E-state index contributed by atoms with van der Waals surface area (Å²) in [4.78, 5) is 12.2. The van der Waals surface area contributed by atoms with Crippen LogP contribution in [0.15, 0.2) is 60.7 Å². The minimum Gasteiger partial charge on any atom is -0.449 e. The Labute approximate surface area is 195 Å². The molecular formula is C26H25F2NO5. The second-order valence-electron chi connectivity index (χ2n) is 8.17. The maximum atomic E-state index is 13.8. The van der Waals surface area contributed by atoms with E-state index in [1.54, 1.807) is 0 Å². The zero-order valence-electron chi connectivity index (χ0n) is 18.2. The lowest BCUT2D eigenvalue weighted by Crippen LogP contribution is -2.30. The second-order valence-corrected chi connectivity index (χ2v) is 8.17. The van der Waals surface area contributed by atoms with Gasteiger partial charge in [-0.1, -0.05) is 48.5 Å². The number of benzene rings is 3. The Morgan fingerprint density at radius 1 is 0.971 bits per heavy atom. The topological polar surface area (TPSA) is 99.0 Å². The predicted molar refractivity (Wildman–Crippen MR) is 121 cm³/mol. The first-order valence-corrected chi connectivity index (χ1v) is 10.9. The number of aliphatic hydroxyl groups excluding tert-OH is 3. The minimum absolute atomic E-state index is 0.0193. The predicted octanol–water partition coefficient (Wildman–Crippen LogP) is 3.78. The number of carbonyl (C=O) groups is 1. The van der Waals surface area contributed by atoms with Crippen LogP contribution in [-0.4, -0.2) is 40.7 Å². The van der Waals surface area contributed by atoms with Crippen LogP contribution in [0.25, 0.3) is 11.1 Å². The monoisotopic (exact) mass is 469 g/mol. The number of fused-ring (bicyclic) bond motifs is 3. The molecule has 0 aliphatic heterocycles. The van der Waals surface area contributed by atoms with Crippen molar-refractivity contribution < 1.29 is 33.6 Å². The van der Waals surface area contributed by atoms with Gasteiger partial charge in [0, 0.05) is 18.0 Å². The van der Waals surface area contributed by atoms with Crippen molar-refractivity contribution in [3.05, 3.63) is 94.6 Å². The number of rotatable bonds is 8. The number of halogens is 2. The van der Waals surface area contributed by atoms with Gasteiger partial charge in [-0.2, -0.15) is 0 Å². The van der Waals surface area contributed by atoms with Crippen molar-refractivity contribution >= 4 is 6.09 Å². The highest BCUT2D eigenvalue weighted by Gasteiger charge is 2.29. The summed E-state index contributed by atoms with van der Waals surface area (Å²) in [6.07, 6.45) is -3.70. The van der Waals surface area contributed by atoms with Gasteiger partial charge in [-0.3, -0.25) is 0 Å². The molecule has 4 rings (SSSR count). The van der Waals surface area contributed by atoms with Crippen molar-refractivity contribution in [2.75, 3.05) is 13.2 Å². The summed E-state index contributed by atoms with van der Waals surface area (Å²) in [7, 11) is 0. The van der Waals surface area contributed by atoms with Gasteiger partial charge in [0.15, 0.2) is 0 Å². The fourth-order valence-electron chi connectivity index (χ4n) is 4.30. The van der Waals surface area contributed by atoms with Crippen LogP contribution in [0.4, 0.5) is 13.6 Å². The number of amides is 1. The van der Waals surface area contributed by atoms with Crippen LogP contribution in [-0.2, 0) is 11.3 Å². The molecule has 4 N–H and O–H groups in total. The SMILES string of the molecule is O=C(NCCC(O)C(O)c1cc(F)c(CO)c(F)c1)OCC1c2ccccc2-c2ccccc21. The van der Waals surface area contributed by atoms with E-state index in [9.17, 15) is 23.8 Å². The molecule has 6 nitrogen and oxygen atoms in total. The standard InChI is InChI=1S/C26H25F2NO5/c27-22-11-15(12-23(28)20(22)13-30)25(32)24(31)9-10-29-26(33)34-14-21-18-7-3-1-5-16(18)17-6-2-4-8-19(17)21/h1-8,11-12,21,24-25,30-32H,9-10,13-14H2,(H,29,33). The van der Waals surface area contributed by atoms with Crippen LogP contribution in [0.1, 0.15) is 40.7 Å². The van der Waals surface area contributed by atoms with Gasteiger partial charge in [-0.25, -0.2) is 13.6 Å². The van der Waals surface area contributed by atoms with E-state index in [2.05, 4.69) is 5.32 Å². The first-order valence-electron chi connectivity index (χ1n) is 10.9. The first kappa shape index (κ1) is 23.8. The van der Waals surface area contributed by atoms with Gasteiger partial charge in [0.2, 0.25) is 0 Å². The summed E-state index contributed by atoms with van der Waals surface area (Å²) in [5.74, 6) is -2.11. The third kappa shape index (κ3) is 4.79. The Bertz CT molecular complexity index is 1120. The number of hydrogen-bond donors (Lipinski definition) is 4. The summed E-state index contributed by atoms with van der Waals surface area (Å²) >= 11 is 0. The Hall–Kier alpha value is -3.33. The van der Waals surface area contributed by atoms with Crippen molar-refractivity contribution in [2.45, 2.75) is 31.2 Å². The lowest BCUT2D eigenvalue weighted by atomic mass is 9.98. The highest BCUT2D eigenvalue weighted by atomic mass is 19.1. The fourth-order valence-corrected chi connectivity index (χ4v) is 4.30. The third-order valence-corrected chi connectivity index (χ3v) is 6.08. The van der Waals surface area contributed by atoms with Crippen LogP contribution in [0.5, 0.6) is 0 Å². The second kappa shape index (κ2) is 10.3. The molecule has 0 saturated carbocycles. The van der Waals surface area contributed by atoms with Crippen molar-refractivity contribution in [1.82, 2.24) is 5.32 Å². The highest BCUT2D eigenvalue weighted by molar-refractivity contribution is 5.79. The van der Waals surface area contributed by atoms with E-state index in [0.717, 1.165) is 34.4 Å². The Kier molecular flexibility index (Phi) is 7.21. The number of hydrogen-bond acceptors (Lipinski definition) is 5. The van der Waals surface area contributed by atoms with Crippen molar-refractivity contribution in [1.29, 1.82) is 0 Å². The lowest BCUT2D eigenvalue weighted by Gasteiger charge is -2.19. The normalized spacial score (nSPS) is 14.3. The molecule has 0 heterocycles. The zero-order chi connectivity index (χ0) is 24.2. The van der Waals surface area contributed by atoms with Gasteiger partial charge < -0.3 is 25.4 Å². The number of ether oxygens (including phenoxy) is 1. The maximum Gasteiger partial charge on any atom is 0.407 e. The summed E-state index contributed by atoms with van der Waals surface area (Å²) in [6.45, 7) is -0.698. The Morgan fingerprint density at radius 2 is 1.53 bits per heavy atom. The van der Waals surface area contributed by atoms with Crippen molar-refractivity contribution in [3.8, 4) is 11.1 Å². The van der Waals surface area contributed by atoms with E-state index < -0.39 is 42.1 Å². The quantitative estimate of drug-likeness (QED) is 0.403. The first-order chi connectivity index (χ1) is 16.4. The maximum absolute atomic E-state index is 13.8. The van der Waals surface area contributed by atoms with Gasteiger partial charge in [0.05, 0.1) is 12.7 Å². The average Bonchev–Trinajstić information content (AvgIpc) is 3.15. The van der Waals surface area contributed by atoms with Crippen LogP contribution >= 0.6 is 0 Å². The van der Waals surface area contributed by atoms with Gasteiger partial charge in [-0.05, 0) is 46.4 Å². The third-order valence-electron chi connectivity index (χ3n) is 6.08. The van der Waals surface area contributed by atoms with Gasteiger partial charge in [0.25, 0.3) is 0 Å². The minimum atomic E-state index is -1.57. The molecular weight excluding hydrogens is 444 g/mol. The molecule has 0 aromatic heterocycles. The highest BCUT2D eigenvalue weighted by Crippen LogP contribution is 2.44. The smallest absolute Gasteiger partial charge is 0.407 e. The molecule has 1 aliphatic carbocycles. The van der Waals surface area contributed by atoms with E-state index in [-0.39, 0.29) is 31.1 Å². The molecule has 2 unspecified atom stereocenters. The number of alkyl carbamates (subject to hydrolysis) is 1. The molecule has 0 radical (unpaired) electrons. The fraction of sp³-hybridized carbons (Fsp3) is 0.269. The Balaban J connectivity index is 1.29. The number of aliphatic hydroxyl groups is 3. The molecule has 0 fully saturated rings. The average molecular weight is 469 g/mol. The molecule has 0 bridgehead atoms. The van der Waals surface area contributed by atoms with Crippen LogP contribution < -0.4 is 5.32 Å². The number of carbonyl (C=O) groups excluding carboxylic acids is 1. The summed E-state index contributed by atoms with van der Waals surface area (Å²) in [5.41, 5.74) is 3.72. The molecule has 1 aliphatic rings. The van der Waals surface area contributed by atoms with Crippen molar-refractivity contribution in [2.24, 2.45) is 0 Å². The van der Waals surface area contributed by atoms with Crippen LogP contribution in [0.3, 0.4) is 0 Å². The van der Waals surface area contributed by atoms with E-state index in [1.807, 2.05) is 48.5 Å². The Morgan fingerprint density at radius 3 is 2.09 bits per heavy atom.